The molecule has 0 radical (unpaired) electrons. The number of carbonyl (C=O) groups excluding carboxylic acids is 2. The van der Waals surface area contributed by atoms with Crippen molar-refractivity contribution in [1.82, 2.24) is 9.80 Å². The van der Waals surface area contributed by atoms with Gasteiger partial charge in [0.1, 0.15) is 11.6 Å². The van der Waals surface area contributed by atoms with E-state index in [0.29, 0.717) is 37.9 Å². The normalized spacial score (nSPS) is 15.8. The quantitative estimate of drug-likeness (QED) is 0.652. The number of halogens is 2. The molecule has 4 nitrogen and oxygen atoms in total. The van der Waals surface area contributed by atoms with Crippen LogP contribution in [0.3, 0.4) is 0 Å². The number of piperidine rings is 1. The molecule has 2 heterocycles. The molecule has 1 unspecified atom stereocenters. The molecule has 2 aromatic rings. The highest BCUT2D eigenvalue weighted by molar-refractivity contribution is 7.10. The lowest BCUT2D eigenvalue weighted by atomic mass is 9.84. The maximum absolute atomic E-state index is 14.3. The monoisotopic (exact) mass is 434 g/mol. The highest BCUT2D eigenvalue weighted by atomic mass is 32.1. The molecule has 30 heavy (non-hydrogen) atoms. The van der Waals surface area contributed by atoms with Crippen molar-refractivity contribution >= 4 is 23.2 Å². The zero-order valence-electron chi connectivity index (χ0n) is 17.4. The Kier molecular flexibility index (Phi) is 7.58. The van der Waals surface area contributed by atoms with E-state index in [2.05, 4.69) is 0 Å². The minimum atomic E-state index is -0.608. The third kappa shape index (κ3) is 5.45. The molecule has 0 N–H and O–H groups in total. The Morgan fingerprint density at radius 1 is 1.23 bits per heavy atom. The first-order chi connectivity index (χ1) is 14.4. The summed E-state index contributed by atoms with van der Waals surface area (Å²) in [5, 5.41) is 1.97. The molecule has 1 atom stereocenters. The zero-order chi connectivity index (χ0) is 21.7. The Bertz CT molecular complexity index is 864. The SMILES string of the molecule is CCC(=O)N(C)C(Cc1ccc(F)cc1F)C1CCN(C(=O)Cc2cccs2)CC1. The molecule has 162 valence electrons. The summed E-state index contributed by atoms with van der Waals surface area (Å²) in [6.45, 7) is 3.07. The zero-order valence-corrected chi connectivity index (χ0v) is 18.3. The number of benzene rings is 1. The van der Waals surface area contributed by atoms with Crippen LogP contribution in [0.1, 0.15) is 36.6 Å². The van der Waals surface area contributed by atoms with E-state index in [1.54, 1.807) is 30.2 Å². The van der Waals surface area contributed by atoms with E-state index in [1.165, 1.54) is 12.1 Å². The van der Waals surface area contributed by atoms with Gasteiger partial charge < -0.3 is 9.80 Å². The van der Waals surface area contributed by atoms with E-state index in [4.69, 9.17) is 0 Å². The Hall–Kier alpha value is -2.28. The molecule has 0 bridgehead atoms. The average Bonchev–Trinajstić information content (AvgIpc) is 3.25. The van der Waals surface area contributed by atoms with Gasteiger partial charge in [-0.3, -0.25) is 9.59 Å². The van der Waals surface area contributed by atoms with E-state index in [1.807, 2.05) is 22.4 Å². The van der Waals surface area contributed by atoms with Gasteiger partial charge in [0.05, 0.1) is 6.42 Å². The summed E-state index contributed by atoms with van der Waals surface area (Å²) in [5.74, 6) is -0.918. The maximum Gasteiger partial charge on any atom is 0.227 e. The van der Waals surface area contributed by atoms with Gasteiger partial charge in [-0.05, 0) is 48.3 Å². The molecule has 1 aliphatic heterocycles. The summed E-state index contributed by atoms with van der Waals surface area (Å²) >= 11 is 1.58. The second-order valence-electron chi connectivity index (χ2n) is 7.84. The van der Waals surface area contributed by atoms with Crippen molar-refractivity contribution < 1.29 is 18.4 Å². The van der Waals surface area contributed by atoms with Crippen molar-refractivity contribution in [2.75, 3.05) is 20.1 Å². The van der Waals surface area contributed by atoms with Crippen LogP contribution in [0.25, 0.3) is 0 Å². The number of nitrogens with zero attached hydrogens (tertiary/aromatic N) is 2. The smallest absolute Gasteiger partial charge is 0.227 e. The van der Waals surface area contributed by atoms with Crippen molar-refractivity contribution in [2.45, 2.75) is 45.1 Å². The van der Waals surface area contributed by atoms with Crippen LogP contribution in [0.4, 0.5) is 8.78 Å². The molecule has 2 amide bonds. The lowest BCUT2D eigenvalue weighted by molar-refractivity contribution is -0.135. The van der Waals surface area contributed by atoms with Gasteiger partial charge in [0.2, 0.25) is 11.8 Å². The van der Waals surface area contributed by atoms with Crippen molar-refractivity contribution in [3.8, 4) is 0 Å². The Morgan fingerprint density at radius 2 is 1.97 bits per heavy atom. The van der Waals surface area contributed by atoms with Crippen molar-refractivity contribution in [1.29, 1.82) is 0 Å². The molecule has 1 fully saturated rings. The van der Waals surface area contributed by atoms with Crippen LogP contribution in [0.5, 0.6) is 0 Å². The number of amides is 2. The maximum atomic E-state index is 14.3. The van der Waals surface area contributed by atoms with Gasteiger partial charge in [-0.2, -0.15) is 0 Å². The first-order valence-electron chi connectivity index (χ1n) is 10.4. The van der Waals surface area contributed by atoms with Crippen LogP contribution >= 0.6 is 11.3 Å². The minimum Gasteiger partial charge on any atom is -0.342 e. The van der Waals surface area contributed by atoms with Crippen LogP contribution in [0.15, 0.2) is 35.7 Å². The highest BCUT2D eigenvalue weighted by Crippen LogP contribution is 2.28. The number of likely N-dealkylation sites (N-methyl/N-ethyl adjacent to an activating group) is 1. The van der Waals surface area contributed by atoms with Crippen molar-refractivity contribution in [3.63, 3.8) is 0 Å². The molecular formula is C23H28F2N2O2S. The van der Waals surface area contributed by atoms with Crippen LogP contribution in [-0.4, -0.2) is 47.8 Å². The van der Waals surface area contributed by atoms with Gasteiger partial charge >= 0.3 is 0 Å². The van der Waals surface area contributed by atoms with E-state index in [9.17, 15) is 18.4 Å². The number of rotatable bonds is 7. The number of thiophene rings is 1. The fraction of sp³-hybridized carbons (Fsp3) is 0.478. The highest BCUT2D eigenvalue weighted by Gasteiger charge is 2.33. The van der Waals surface area contributed by atoms with Gasteiger partial charge in [0, 0.05) is 43.5 Å². The molecule has 1 aliphatic rings. The van der Waals surface area contributed by atoms with Crippen molar-refractivity contribution in [3.05, 3.63) is 57.8 Å². The molecule has 0 spiro atoms. The van der Waals surface area contributed by atoms with Gasteiger partial charge in [0.25, 0.3) is 0 Å². The summed E-state index contributed by atoms with van der Waals surface area (Å²) in [4.78, 5) is 29.6. The van der Waals surface area contributed by atoms with E-state index < -0.39 is 11.6 Å². The summed E-state index contributed by atoms with van der Waals surface area (Å²) < 4.78 is 27.6. The third-order valence-corrected chi connectivity index (χ3v) is 6.86. The molecule has 1 saturated heterocycles. The molecule has 0 aliphatic carbocycles. The van der Waals surface area contributed by atoms with Crippen molar-refractivity contribution in [2.24, 2.45) is 5.92 Å². The number of hydrogen-bond donors (Lipinski definition) is 0. The minimum absolute atomic E-state index is 0.00118. The van der Waals surface area contributed by atoms with Gasteiger partial charge in [-0.25, -0.2) is 8.78 Å². The third-order valence-electron chi connectivity index (χ3n) is 5.98. The molecule has 3 rings (SSSR count). The average molecular weight is 435 g/mol. The first-order valence-corrected chi connectivity index (χ1v) is 11.3. The Balaban J connectivity index is 1.68. The summed E-state index contributed by atoms with van der Waals surface area (Å²) in [5.41, 5.74) is 0.411. The van der Waals surface area contributed by atoms with Crippen LogP contribution in [0.2, 0.25) is 0 Å². The van der Waals surface area contributed by atoms with Crippen LogP contribution in [-0.2, 0) is 22.4 Å². The summed E-state index contributed by atoms with van der Waals surface area (Å²) in [7, 11) is 1.76. The number of hydrogen-bond acceptors (Lipinski definition) is 3. The van der Waals surface area contributed by atoms with E-state index >= 15 is 0 Å². The lowest BCUT2D eigenvalue weighted by Gasteiger charge is -2.40. The summed E-state index contributed by atoms with van der Waals surface area (Å²) in [6.07, 6.45) is 2.63. The lowest BCUT2D eigenvalue weighted by Crippen LogP contribution is -2.48. The summed E-state index contributed by atoms with van der Waals surface area (Å²) in [6, 6.07) is 7.32. The largest absolute Gasteiger partial charge is 0.342 e. The second-order valence-corrected chi connectivity index (χ2v) is 8.87. The fourth-order valence-electron chi connectivity index (χ4n) is 4.17. The second kappa shape index (κ2) is 10.2. The first kappa shape index (κ1) is 22.4. The number of carbonyl (C=O) groups is 2. The standard InChI is InChI=1S/C23H28F2N2O2S/c1-3-22(28)26(2)21(13-17-6-7-18(24)14-20(17)25)16-8-10-27(11-9-16)23(29)15-19-5-4-12-30-19/h4-7,12,14,16,21H,3,8-11,13,15H2,1-2H3. The molecular weight excluding hydrogens is 406 g/mol. The van der Waals surface area contributed by atoms with Crippen LogP contribution in [0, 0.1) is 17.6 Å². The number of likely N-dealkylation sites (tertiary alicyclic amines) is 1. The van der Waals surface area contributed by atoms with E-state index in [-0.39, 0.29) is 23.8 Å². The van der Waals surface area contributed by atoms with Gasteiger partial charge in [-0.15, -0.1) is 11.3 Å². The Morgan fingerprint density at radius 3 is 2.57 bits per heavy atom. The molecule has 0 saturated carbocycles. The van der Waals surface area contributed by atoms with Gasteiger partial charge in [0.15, 0.2) is 0 Å². The molecule has 7 heteroatoms. The van der Waals surface area contributed by atoms with Crippen LogP contribution < -0.4 is 0 Å². The van der Waals surface area contributed by atoms with E-state index in [0.717, 1.165) is 23.8 Å². The molecule has 1 aromatic heterocycles. The fourth-order valence-corrected chi connectivity index (χ4v) is 4.87. The predicted octanol–water partition coefficient (Wildman–Crippen LogP) is 4.29. The molecule has 1 aromatic carbocycles. The Labute approximate surface area is 180 Å². The van der Waals surface area contributed by atoms with Gasteiger partial charge in [-0.1, -0.05) is 19.1 Å². The predicted molar refractivity (Wildman–Crippen MR) is 114 cm³/mol. The topological polar surface area (TPSA) is 40.6 Å².